The predicted octanol–water partition coefficient (Wildman–Crippen LogP) is 1.96. The minimum atomic E-state index is -0.116. The van der Waals surface area contributed by atoms with Gasteiger partial charge in [0, 0.05) is 18.6 Å². The molecule has 3 N–H and O–H groups in total. The number of nitrogens with one attached hydrogen (secondary N) is 1. The summed E-state index contributed by atoms with van der Waals surface area (Å²) in [5.74, 6) is -0.116. The largest absolute Gasteiger partial charge is 0.382 e. The SMILES string of the molecule is N=C(N)c1nccnc1Sc1ccc(Cl)cn1. The van der Waals surface area contributed by atoms with Crippen LogP contribution in [0.4, 0.5) is 0 Å². The maximum atomic E-state index is 7.40. The van der Waals surface area contributed by atoms with Crippen LogP contribution in [0, 0.1) is 5.41 Å². The molecule has 0 bridgehead atoms. The molecule has 0 spiro atoms. The van der Waals surface area contributed by atoms with Gasteiger partial charge in [0.2, 0.25) is 0 Å². The lowest BCUT2D eigenvalue weighted by molar-refractivity contribution is 1.02. The lowest BCUT2D eigenvalue weighted by Gasteiger charge is -2.04. The van der Waals surface area contributed by atoms with E-state index in [0.29, 0.717) is 15.7 Å². The molecule has 0 saturated carbocycles. The monoisotopic (exact) mass is 265 g/mol. The Morgan fingerprint density at radius 3 is 2.65 bits per heavy atom. The molecule has 2 aromatic heterocycles. The zero-order valence-corrected chi connectivity index (χ0v) is 10.2. The molecule has 5 nitrogen and oxygen atoms in total. The summed E-state index contributed by atoms with van der Waals surface area (Å²) in [4.78, 5) is 12.3. The summed E-state index contributed by atoms with van der Waals surface area (Å²) in [6, 6.07) is 3.51. The van der Waals surface area contributed by atoms with E-state index in [1.165, 1.54) is 18.0 Å². The van der Waals surface area contributed by atoms with Crippen LogP contribution < -0.4 is 5.73 Å². The summed E-state index contributed by atoms with van der Waals surface area (Å²) in [7, 11) is 0. The molecule has 2 heterocycles. The Morgan fingerprint density at radius 2 is 2.00 bits per heavy atom. The van der Waals surface area contributed by atoms with Gasteiger partial charge in [-0.3, -0.25) is 5.41 Å². The van der Waals surface area contributed by atoms with Gasteiger partial charge in [-0.1, -0.05) is 11.6 Å². The topological polar surface area (TPSA) is 88.5 Å². The van der Waals surface area contributed by atoms with Gasteiger partial charge in [-0.25, -0.2) is 15.0 Å². The molecule has 0 unspecified atom stereocenters. The van der Waals surface area contributed by atoms with Gasteiger partial charge in [0.05, 0.1) is 5.02 Å². The highest BCUT2D eigenvalue weighted by Gasteiger charge is 2.10. The van der Waals surface area contributed by atoms with Crippen molar-refractivity contribution in [3.63, 3.8) is 0 Å². The van der Waals surface area contributed by atoms with Crippen molar-refractivity contribution in [3.05, 3.63) is 41.4 Å². The van der Waals surface area contributed by atoms with Crippen LogP contribution in [0.5, 0.6) is 0 Å². The third kappa shape index (κ3) is 2.92. The average molecular weight is 266 g/mol. The first-order valence-electron chi connectivity index (χ1n) is 4.61. The van der Waals surface area contributed by atoms with Gasteiger partial charge in [0.15, 0.2) is 0 Å². The number of hydrogen-bond acceptors (Lipinski definition) is 5. The van der Waals surface area contributed by atoms with Crippen LogP contribution in [0.1, 0.15) is 5.69 Å². The average Bonchev–Trinajstić information content (AvgIpc) is 2.32. The molecule has 0 radical (unpaired) electrons. The number of nitrogen functional groups attached to an aromatic ring is 1. The molecule has 0 aliphatic heterocycles. The first-order chi connectivity index (χ1) is 8.16. The standard InChI is InChI=1S/C10H8ClN5S/c11-6-1-2-7(16-5-6)17-10-8(9(12)13)14-3-4-15-10/h1-5H,(H3,12,13). The minimum Gasteiger partial charge on any atom is -0.382 e. The summed E-state index contributed by atoms with van der Waals surface area (Å²) in [6.07, 6.45) is 4.59. The second-order valence-electron chi connectivity index (χ2n) is 3.04. The van der Waals surface area contributed by atoms with Gasteiger partial charge in [0.1, 0.15) is 21.6 Å². The number of halogens is 1. The maximum absolute atomic E-state index is 7.40. The first kappa shape index (κ1) is 11.8. The fourth-order valence-corrected chi connectivity index (χ4v) is 2.03. The minimum absolute atomic E-state index is 0.116. The molecule has 2 rings (SSSR count). The highest BCUT2D eigenvalue weighted by atomic mass is 35.5. The molecule has 7 heteroatoms. The number of rotatable bonds is 3. The van der Waals surface area contributed by atoms with Gasteiger partial charge in [-0.05, 0) is 23.9 Å². The molecule has 17 heavy (non-hydrogen) atoms. The van der Waals surface area contributed by atoms with E-state index in [1.54, 1.807) is 24.5 Å². The van der Waals surface area contributed by atoms with Crippen LogP contribution >= 0.6 is 23.4 Å². The number of aromatic nitrogens is 3. The fraction of sp³-hybridized carbons (Fsp3) is 0. The van der Waals surface area contributed by atoms with E-state index < -0.39 is 0 Å². The Hall–Kier alpha value is -1.66. The van der Waals surface area contributed by atoms with Crippen molar-refractivity contribution >= 4 is 29.2 Å². The molecule has 0 aliphatic rings. The van der Waals surface area contributed by atoms with E-state index in [0.717, 1.165) is 5.03 Å². The van der Waals surface area contributed by atoms with Crippen LogP contribution in [0.2, 0.25) is 5.02 Å². The Bertz CT molecular complexity index is 543. The number of pyridine rings is 1. The summed E-state index contributed by atoms with van der Waals surface area (Å²) >= 11 is 7.03. The van der Waals surface area contributed by atoms with Crippen LogP contribution in [0.3, 0.4) is 0 Å². The molecule has 0 aromatic carbocycles. The Labute approximate surface area is 107 Å². The predicted molar refractivity (Wildman–Crippen MR) is 66.4 cm³/mol. The van der Waals surface area contributed by atoms with Gasteiger partial charge in [-0.2, -0.15) is 0 Å². The Morgan fingerprint density at radius 1 is 1.24 bits per heavy atom. The van der Waals surface area contributed by atoms with Crippen molar-refractivity contribution in [3.8, 4) is 0 Å². The van der Waals surface area contributed by atoms with Crippen molar-refractivity contribution in [2.24, 2.45) is 5.73 Å². The first-order valence-corrected chi connectivity index (χ1v) is 5.81. The number of amidine groups is 1. The zero-order chi connectivity index (χ0) is 12.3. The van der Waals surface area contributed by atoms with Crippen molar-refractivity contribution < 1.29 is 0 Å². The van der Waals surface area contributed by atoms with Crippen LogP contribution in [0.25, 0.3) is 0 Å². The second kappa shape index (κ2) is 5.11. The Kier molecular flexibility index (Phi) is 3.55. The van der Waals surface area contributed by atoms with Crippen LogP contribution in [0.15, 0.2) is 40.8 Å². The summed E-state index contributed by atoms with van der Waals surface area (Å²) < 4.78 is 0. The van der Waals surface area contributed by atoms with Crippen LogP contribution in [-0.4, -0.2) is 20.8 Å². The van der Waals surface area contributed by atoms with E-state index in [1.807, 2.05) is 0 Å². The third-order valence-electron chi connectivity index (χ3n) is 1.82. The number of nitrogens with zero attached hydrogens (tertiary/aromatic N) is 3. The van der Waals surface area contributed by atoms with Gasteiger partial charge < -0.3 is 5.73 Å². The highest BCUT2D eigenvalue weighted by Crippen LogP contribution is 2.26. The molecule has 0 saturated heterocycles. The van der Waals surface area contributed by atoms with E-state index in [9.17, 15) is 0 Å². The molecule has 0 atom stereocenters. The van der Waals surface area contributed by atoms with E-state index in [4.69, 9.17) is 22.7 Å². The van der Waals surface area contributed by atoms with Gasteiger partial charge in [-0.15, -0.1) is 0 Å². The smallest absolute Gasteiger partial charge is 0.144 e. The second-order valence-corrected chi connectivity index (χ2v) is 4.49. The van der Waals surface area contributed by atoms with Gasteiger partial charge >= 0.3 is 0 Å². The molecule has 0 aliphatic carbocycles. The number of nitrogens with two attached hydrogens (primary N) is 1. The van der Waals surface area contributed by atoms with E-state index in [2.05, 4.69) is 15.0 Å². The highest BCUT2D eigenvalue weighted by molar-refractivity contribution is 7.99. The van der Waals surface area contributed by atoms with E-state index >= 15 is 0 Å². The number of hydrogen-bond donors (Lipinski definition) is 2. The van der Waals surface area contributed by atoms with Crippen LogP contribution in [-0.2, 0) is 0 Å². The summed E-state index contributed by atoms with van der Waals surface area (Å²) in [5.41, 5.74) is 5.77. The van der Waals surface area contributed by atoms with Crippen molar-refractivity contribution in [2.45, 2.75) is 10.1 Å². The van der Waals surface area contributed by atoms with Crippen molar-refractivity contribution in [1.29, 1.82) is 5.41 Å². The molecule has 2 aromatic rings. The van der Waals surface area contributed by atoms with Crippen molar-refractivity contribution in [1.82, 2.24) is 15.0 Å². The molecular weight excluding hydrogens is 258 g/mol. The quantitative estimate of drug-likeness (QED) is 0.654. The maximum Gasteiger partial charge on any atom is 0.144 e. The lowest BCUT2D eigenvalue weighted by atomic mass is 10.4. The molecule has 0 fully saturated rings. The molecular formula is C10H8ClN5S. The molecule has 86 valence electrons. The zero-order valence-electron chi connectivity index (χ0n) is 8.59. The van der Waals surface area contributed by atoms with E-state index in [-0.39, 0.29) is 5.84 Å². The van der Waals surface area contributed by atoms with Crippen molar-refractivity contribution in [2.75, 3.05) is 0 Å². The summed E-state index contributed by atoms with van der Waals surface area (Å²) in [5, 5.41) is 9.24. The lowest BCUT2D eigenvalue weighted by Crippen LogP contribution is -2.15. The third-order valence-corrected chi connectivity index (χ3v) is 2.99. The van der Waals surface area contributed by atoms with Gasteiger partial charge in [0.25, 0.3) is 0 Å². The fourth-order valence-electron chi connectivity index (χ4n) is 1.11. The summed E-state index contributed by atoms with van der Waals surface area (Å²) in [6.45, 7) is 0. The molecule has 0 amide bonds. The Balaban J connectivity index is 2.30. The normalized spacial score (nSPS) is 10.2.